The number of hydrogen-bond acceptors (Lipinski definition) is 4. The van der Waals surface area contributed by atoms with Gasteiger partial charge >= 0.3 is 0 Å². The van der Waals surface area contributed by atoms with Crippen molar-refractivity contribution in [1.82, 2.24) is 4.98 Å². The number of hydrogen-bond donors (Lipinski definition) is 1. The Bertz CT molecular complexity index is 569. The molecule has 4 nitrogen and oxygen atoms in total. The van der Waals surface area contributed by atoms with Crippen molar-refractivity contribution in [2.45, 2.75) is 6.92 Å². The molecule has 0 saturated carbocycles. The van der Waals surface area contributed by atoms with E-state index < -0.39 is 0 Å². The largest absolute Gasteiger partial charge is 0.486 e. The van der Waals surface area contributed by atoms with Crippen molar-refractivity contribution in [1.29, 1.82) is 0 Å². The van der Waals surface area contributed by atoms with E-state index in [0.717, 1.165) is 28.6 Å². The average Bonchev–Trinajstić information content (AvgIpc) is 2.41. The van der Waals surface area contributed by atoms with Crippen molar-refractivity contribution in [2.75, 3.05) is 18.5 Å². The zero-order valence-corrected chi connectivity index (χ0v) is 10.1. The smallest absolute Gasteiger partial charge is 0.163 e. The highest BCUT2D eigenvalue weighted by molar-refractivity contribution is 5.63. The predicted molar refractivity (Wildman–Crippen MR) is 69.7 cm³/mol. The summed E-state index contributed by atoms with van der Waals surface area (Å²) in [4.78, 5) is 4.30. The Kier molecular flexibility index (Phi) is 2.76. The van der Waals surface area contributed by atoms with Crippen molar-refractivity contribution in [3.8, 4) is 11.5 Å². The lowest BCUT2D eigenvalue weighted by Gasteiger charge is -2.19. The molecule has 18 heavy (non-hydrogen) atoms. The molecule has 0 spiro atoms. The molecule has 0 fully saturated rings. The molecule has 0 saturated heterocycles. The number of benzene rings is 1. The molecule has 0 bridgehead atoms. The zero-order valence-electron chi connectivity index (χ0n) is 10.1. The molecule has 4 heteroatoms. The van der Waals surface area contributed by atoms with E-state index in [2.05, 4.69) is 10.3 Å². The quantitative estimate of drug-likeness (QED) is 0.879. The molecule has 1 N–H and O–H groups in total. The van der Waals surface area contributed by atoms with Gasteiger partial charge in [0.1, 0.15) is 19.0 Å². The maximum Gasteiger partial charge on any atom is 0.163 e. The molecule has 1 aliphatic heterocycles. The van der Waals surface area contributed by atoms with E-state index in [4.69, 9.17) is 9.47 Å². The molecule has 0 unspecified atom stereocenters. The minimum absolute atomic E-state index is 0.596. The Labute approximate surface area is 106 Å². The standard InChI is InChI=1S/C14H14N2O2/c1-10-3-2-6-15-14(10)16-11-4-5-12-13(9-11)18-8-7-17-12/h2-6,9H,7-8H2,1H3,(H,15,16). The third kappa shape index (κ3) is 2.09. The zero-order chi connectivity index (χ0) is 12.4. The molecule has 0 radical (unpaired) electrons. The second kappa shape index (κ2) is 4.56. The number of aryl methyl sites for hydroxylation is 1. The minimum Gasteiger partial charge on any atom is -0.486 e. The molecular weight excluding hydrogens is 228 g/mol. The lowest BCUT2D eigenvalue weighted by Crippen LogP contribution is -2.15. The topological polar surface area (TPSA) is 43.4 Å². The van der Waals surface area contributed by atoms with Crippen molar-refractivity contribution < 1.29 is 9.47 Å². The van der Waals surface area contributed by atoms with Crippen molar-refractivity contribution in [3.63, 3.8) is 0 Å². The monoisotopic (exact) mass is 242 g/mol. The normalized spacial score (nSPS) is 13.2. The Morgan fingerprint density at radius 2 is 1.94 bits per heavy atom. The fourth-order valence-electron chi connectivity index (χ4n) is 1.87. The van der Waals surface area contributed by atoms with Crippen LogP contribution in [0.1, 0.15) is 5.56 Å². The van der Waals surface area contributed by atoms with E-state index in [1.807, 2.05) is 37.3 Å². The number of fused-ring (bicyclic) bond motifs is 1. The van der Waals surface area contributed by atoms with Gasteiger partial charge in [0.15, 0.2) is 11.5 Å². The number of aromatic nitrogens is 1. The molecule has 0 amide bonds. The van der Waals surface area contributed by atoms with E-state index in [0.29, 0.717) is 13.2 Å². The molecule has 92 valence electrons. The fraction of sp³-hybridized carbons (Fsp3) is 0.214. The van der Waals surface area contributed by atoms with Gasteiger partial charge in [-0.15, -0.1) is 0 Å². The van der Waals surface area contributed by atoms with Gasteiger partial charge in [-0.25, -0.2) is 4.98 Å². The molecule has 3 rings (SSSR count). The maximum absolute atomic E-state index is 5.55. The van der Waals surface area contributed by atoms with E-state index in [-0.39, 0.29) is 0 Å². The first-order valence-electron chi connectivity index (χ1n) is 5.91. The van der Waals surface area contributed by atoms with Crippen LogP contribution in [0.5, 0.6) is 11.5 Å². The molecular formula is C14H14N2O2. The lowest BCUT2D eigenvalue weighted by molar-refractivity contribution is 0.171. The summed E-state index contributed by atoms with van der Waals surface area (Å²) in [6.07, 6.45) is 1.77. The van der Waals surface area contributed by atoms with Gasteiger partial charge in [0.2, 0.25) is 0 Å². The van der Waals surface area contributed by atoms with Gasteiger partial charge in [-0.05, 0) is 30.7 Å². The van der Waals surface area contributed by atoms with Crippen molar-refractivity contribution in [3.05, 3.63) is 42.1 Å². The summed E-state index contributed by atoms with van der Waals surface area (Å²) in [7, 11) is 0. The molecule has 0 atom stereocenters. The summed E-state index contributed by atoms with van der Waals surface area (Å²) in [6.45, 7) is 3.23. The first-order chi connectivity index (χ1) is 8.83. The average molecular weight is 242 g/mol. The predicted octanol–water partition coefficient (Wildman–Crippen LogP) is 2.90. The Morgan fingerprint density at radius 1 is 1.11 bits per heavy atom. The van der Waals surface area contributed by atoms with Gasteiger partial charge < -0.3 is 14.8 Å². The summed E-state index contributed by atoms with van der Waals surface area (Å²) in [5.74, 6) is 2.43. The number of rotatable bonds is 2. The molecule has 1 aromatic heterocycles. The fourth-order valence-corrected chi connectivity index (χ4v) is 1.87. The van der Waals surface area contributed by atoms with E-state index >= 15 is 0 Å². The Hall–Kier alpha value is -2.23. The van der Waals surface area contributed by atoms with Crippen LogP contribution >= 0.6 is 0 Å². The first kappa shape index (κ1) is 10.9. The molecule has 1 aliphatic rings. The number of nitrogens with zero attached hydrogens (tertiary/aromatic N) is 1. The Balaban J connectivity index is 1.87. The highest BCUT2D eigenvalue weighted by Crippen LogP contribution is 2.33. The first-order valence-corrected chi connectivity index (χ1v) is 5.91. The highest BCUT2D eigenvalue weighted by Gasteiger charge is 2.12. The van der Waals surface area contributed by atoms with Gasteiger partial charge in [-0.2, -0.15) is 0 Å². The summed E-state index contributed by atoms with van der Waals surface area (Å²) in [5.41, 5.74) is 2.05. The molecule has 0 aliphatic carbocycles. The second-order valence-electron chi connectivity index (χ2n) is 4.15. The molecule has 2 aromatic rings. The van der Waals surface area contributed by atoms with E-state index in [9.17, 15) is 0 Å². The van der Waals surface area contributed by atoms with Gasteiger partial charge in [0.25, 0.3) is 0 Å². The summed E-state index contributed by atoms with van der Waals surface area (Å²) >= 11 is 0. The summed E-state index contributed by atoms with van der Waals surface area (Å²) in [6, 6.07) is 9.75. The van der Waals surface area contributed by atoms with E-state index in [1.165, 1.54) is 0 Å². The number of anilines is 2. The van der Waals surface area contributed by atoms with Crippen molar-refractivity contribution in [2.24, 2.45) is 0 Å². The van der Waals surface area contributed by atoms with Gasteiger partial charge in [0.05, 0.1) is 0 Å². The number of nitrogens with one attached hydrogen (secondary N) is 1. The number of pyridine rings is 1. The molecule has 2 heterocycles. The third-order valence-electron chi connectivity index (χ3n) is 2.81. The van der Waals surface area contributed by atoms with Gasteiger partial charge in [0, 0.05) is 18.0 Å². The van der Waals surface area contributed by atoms with Crippen LogP contribution in [-0.4, -0.2) is 18.2 Å². The number of ether oxygens (including phenoxy) is 2. The molecule has 1 aromatic carbocycles. The van der Waals surface area contributed by atoms with Crippen LogP contribution in [0.4, 0.5) is 11.5 Å². The maximum atomic E-state index is 5.55. The SMILES string of the molecule is Cc1cccnc1Nc1ccc2c(c1)OCCO2. The van der Waals surface area contributed by atoms with E-state index in [1.54, 1.807) is 6.20 Å². The van der Waals surface area contributed by atoms with Crippen LogP contribution in [0.3, 0.4) is 0 Å². The minimum atomic E-state index is 0.596. The van der Waals surface area contributed by atoms with Crippen molar-refractivity contribution >= 4 is 11.5 Å². The van der Waals surface area contributed by atoms with Crippen LogP contribution in [0.15, 0.2) is 36.5 Å². The van der Waals surface area contributed by atoms with Crippen LogP contribution in [0, 0.1) is 6.92 Å². The second-order valence-corrected chi connectivity index (χ2v) is 4.15. The summed E-state index contributed by atoms with van der Waals surface area (Å²) < 4.78 is 11.0. The summed E-state index contributed by atoms with van der Waals surface area (Å²) in [5, 5.41) is 3.28. The van der Waals surface area contributed by atoms with Gasteiger partial charge in [-0.1, -0.05) is 6.07 Å². The highest BCUT2D eigenvalue weighted by atomic mass is 16.6. The lowest BCUT2D eigenvalue weighted by atomic mass is 10.2. The third-order valence-corrected chi connectivity index (χ3v) is 2.81. The van der Waals surface area contributed by atoms with Crippen LogP contribution in [0.25, 0.3) is 0 Å². The van der Waals surface area contributed by atoms with Gasteiger partial charge in [-0.3, -0.25) is 0 Å². The van der Waals surface area contributed by atoms with Crippen LogP contribution < -0.4 is 14.8 Å². The van der Waals surface area contributed by atoms with Crippen LogP contribution in [0.2, 0.25) is 0 Å². The van der Waals surface area contributed by atoms with Crippen LogP contribution in [-0.2, 0) is 0 Å². The Morgan fingerprint density at radius 3 is 2.78 bits per heavy atom.